The van der Waals surface area contributed by atoms with Crippen LogP contribution in [0.5, 0.6) is 17.2 Å². The molecule has 79 heavy (non-hydrogen) atoms. The molecular weight excluding hydrogens is 1070 g/mol. The van der Waals surface area contributed by atoms with Gasteiger partial charge < -0.3 is 42.4 Å². The van der Waals surface area contributed by atoms with Crippen molar-refractivity contribution in [1.82, 2.24) is 0 Å². The summed E-state index contributed by atoms with van der Waals surface area (Å²) in [5, 5.41) is 10.5. The Balaban J connectivity index is 0.000000240. The maximum absolute atomic E-state index is 14.0. The molecule has 7 aromatic carbocycles. The molecule has 7 aromatic rings. The summed E-state index contributed by atoms with van der Waals surface area (Å²) in [6.45, 7) is -0.562. The summed E-state index contributed by atoms with van der Waals surface area (Å²) in [5.41, 5.74) is 5.44. The van der Waals surface area contributed by atoms with Crippen LogP contribution >= 0.6 is 22.1 Å². The van der Waals surface area contributed by atoms with Gasteiger partial charge in [-0.3, -0.25) is 23.3 Å². The number of hydrogen-bond acceptors (Lipinski definition) is 16. The minimum atomic E-state index is -3.56. The van der Waals surface area contributed by atoms with Crippen LogP contribution in [0.25, 0.3) is 33.4 Å². The fourth-order valence-corrected chi connectivity index (χ4v) is 15.9. The van der Waals surface area contributed by atoms with Crippen molar-refractivity contribution in [3.63, 3.8) is 0 Å². The predicted octanol–water partition coefficient (Wildman–Crippen LogP) is 11.0. The number of methoxy groups -OCH3 is 1. The minimum absolute atomic E-state index is 0. The van der Waals surface area contributed by atoms with Gasteiger partial charge >= 0.3 is 23.9 Å². The van der Waals surface area contributed by atoms with Crippen molar-refractivity contribution in [2.75, 3.05) is 65.2 Å². The number of esters is 4. The first-order chi connectivity index (χ1) is 37.3. The van der Waals surface area contributed by atoms with Crippen LogP contribution in [0.3, 0.4) is 0 Å². The van der Waals surface area contributed by atoms with Gasteiger partial charge in [0.15, 0.2) is 0 Å². The largest absolute Gasteiger partial charge is 0.463 e. The Morgan fingerprint density at radius 3 is 1.22 bits per heavy atom. The van der Waals surface area contributed by atoms with E-state index >= 15 is 0 Å². The topological polar surface area (TPSA) is 214 Å². The quantitative estimate of drug-likeness (QED) is 0.0366. The molecule has 0 aliphatic carbocycles. The van der Waals surface area contributed by atoms with E-state index in [-0.39, 0.29) is 90.5 Å². The summed E-state index contributed by atoms with van der Waals surface area (Å²) >= 11 is 0. The molecule has 1 N–H and O–H groups in total. The lowest BCUT2D eigenvalue weighted by Crippen LogP contribution is -2.30. The number of para-hydroxylation sites is 3. The van der Waals surface area contributed by atoms with Crippen LogP contribution in [0, 0.1) is 5.92 Å². The van der Waals surface area contributed by atoms with Gasteiger partial charge in [-0.2, -0.15) is 0 Å². The van der Waals surface area contributed by atoms with Crippen LogP contribution in [0.15, 0.2) is 170 Å². The summed E-state index contributed by atoms with van der Waals surface area (Å²) in [7, 11) is -8.75. The molecule has 10 rings (SSSR count). The molecule has 3 heterocycles. The van der Waals surface area contributed by atoms with E-state index in [1.807, 2.05) is 97.1 Å². The normalized spacial score (nSPS) is 17.8. The van der Waals surface area contributed by atoms with Crippen LogP contribution in [0.2, 0.25) is 0 Å². The average Bonchev–Trinajstić information content (AvgIpc) is 3.64. The molecule has 412 valence electrons. The highest BCUT2D eigenvalue weighted by Gasteiger charge is 2.42. The van der Waals surface area contributed by atoms with Gasteiger partial charge in [-0.1, -0.05) is 124 Å². The lowest BCUT2D eigenvalue weighted by atomic mass is 10.0. The van der Waals surface area contributed by atoms with Crippen molar-refractivity contribution in [3.05, 3.63) is 181 Å². The first kappa shape index (κ1) is 59.1. The highest BCUT2D eigenvalue weighted by atomic mass is 31.2. The van der Waals surface area contributed by atoms with E-state index in [1.165, 1.54) is 31.4 Å². The summed E-state index contributed by atoms with van der Waals surface area (Å²) in [6, 6.07) is 49.8. The Kier molecular flexibility index (Phi) is 19.7. The SMILES string of the molecule is C.C.COCCOC(=O)C(CC(=O)OCCO)CP1(=O)Oc2ccccc2-c2ccccc21.O=C(OCCP1(=O)Oc2ccccc2-c2ccccc21)c1ccc(C(=O)OCCP2(=O)Oc3ccccc3-c3ccccc32)cc1. The van der Waals surface area contributed by atoms with Crippen LogP contribution in [0.1, 0.15) is 42.0 Å². The number of rotatable bonds is 18. The number of fused-ring (bicyclic) bond motifs is 9. The fraction of sp³-hybridized carbons (Fsp3) is 0.233. The third kappa shape index (κ3) is 13.3. The van der Waals surface area contributed by atoms with Gasteiger partial charge in [0.25, 0.3) is 22.1 Å². The van der Waals surface area contributed by atoms with Crippen LogP contribution < -0.4 is 29.5 Å². The van der Waals surface area contributed by atoms with Gasteiger partial charge in [0.1, 0.15) is 43.7 Å². The lowest BCUT2D eigenvalue weighted by Gasteiger charge is -2.30. The first-order valence-electron chi connectivity index (χ1n) is 24.6. The smallest absolute Gasteiger partial charge is 0.338 e. The summed E-state index contributed by atoms with van der Waals surface area (Å²) < 4.78 is 85.5. The Labute approximate surface area is 459 Å². The second-order valence-corrected chi connectivity index (χ2v) is 25.1. The average molecular weight is 1130 g/mol. The number of aliphatic hydroxyl groups excluding tert-OH is 1. The van der Waals surface area contributed by atoms with Gasteiger partial charge in [0, 0.05) is 23.8 Å². The number of carbonyl (C=O) groups is 4. The van der Waals surface area contributed by atoms with Crippen LogP contribution in [-0.2, 0) is 47.0 Å². The molecule has 4 atom stereocenters. The molecule has 0 spiro atoms. The third-order valence-corrected chi connectivity index (χ3v) is 20.1. The Morgan fingerprint density at radius 2 is 0.810 bits per heavy atom. The summed E-state index contributed by atoms with van der Waals surface area (Å²) in [4.78, 5) is 50.4. The molecular formula is C60H61O16P3. The zero-order chi connectivity index (χ0) is 54.0. The van der Waals surface area contributed by atoms with E-state index in [4.69, 9.17) is 42.4 Å². The van der Waals surface area contributed by atoms with Crippen molar-refractivity contribution < 1.29 is 75.2 Å². The predicted molar refractivity (Wildman–Crippen MR) is 303 cm³/mol. The van der Waals surface area contributed by atoms with Gasteiger partial charge in [0.2, 0.25) is 0 Å². The highest BCUT2D eigenvalue weighted by molar-refractivity contribution is 7.68. The Bertz CT molecular complexity index is 3320. The standard InChI is InChI=1S/C36H28O8P2.C22H25O8P.2CH4/c37-35(41-21-23-45(39)33-15-7-3-11-29(33)27-9-1-5-13-31(27)43-45)25-17-19-26(20-18-25)36(38)42-22-24-46(40)34-16-8-4-12-30(34)28-10-2-6-14-32(28)44-46;1-27-12-13-29-22(25)16(14-21(24)28-11-10-23)15-31(26)20-9-5-3-7-18(20)17-6-2-4-8-19(17)30-31;;/h1-20H,21-24H2;2-9,16,23H,10-15H2,1H3;2*1H4. The van der Waals surface area contributed by atoms with E-state index in [0.717, 1.165) is 33.4 Å². The lowest BCUT2D eigenvalue weighted by molar-refractivity contribution is -0.155. The van der Waals surface area contributed by atoms with E-state index in [1.54, 1.807) is 48.5 Å². The highest BCUT2D eigenvalue weighted by Crippen LogP contribution is 2.57. The van der Waals surface area contributed by atoms with Gasteiger partial charge in [0.05, 0.1) is 71.1 Å². The zero-order valence-electron chi connectivity index (χ0n) is 41.7. The maximum Gasteiger partial charge on any atom is 0.338 e. The third-order valence-electron chi connectivity index (χ3n) is 12.8. The van der Waals surface area contributed by atoms with E-state index in [0.29, 0.717) is 33.2 Å². The number of hydrogen-bond donors (Lipinski definition) is 1. The molecule has 0 saturated heterocycles. The summed E-state index contributed by atoms with van der Waals surface area (Å²) in [6.07, 6.45) is -0.544. The Hall–Kier alpha value is -7.57. The van der Waals surface area contributed by atoms with Crippen molar-refractivity contribution >= 4 is 61.9 Å². The molecule has 0 fully saturated rings. The fourth-order valence-electron chi connectivity index (χ4n) is 9.10. The number of aliphatic hydroxyl groups is 1. The van der Waals surface area contributed by atoms with Crippen molar-refractivity contribution in [2.45, 2.75) is 21.3 Å². The summed E-state index contributed by atoms with van der Waals surface area (Å²) in [5.74, 6) is -2.15. The number of benzene rings is 7. The molecule has 3 aliphatic rings. The van der Waals surface area contributed by atoms with Crippen LogP contribution in [-0.4, -0.2) is 94.2 Å². The maximum atomic E-state index is 14.0. The second-order valence-electron chi connectivity index (χ2n) is 17.8. The van der Waals surface area contributed by atoms with Gasteiger partial charge in [-0.25, -0.2) is 9.59 Å². The van der Waals surface area contributed by atoms with Crippen molar-refractivity contribution in [3.8, 4) is 50.6 Å². The van der Waals surface area contributed by atoms with Gasteiger partial charge in [-0.05, 0) is 77.4 Å². The molecule has 0 saturated carbocycles. The molecule has 19 heteroatoms. The zero-order valence-corrected chi connectivity index (χ0v) is 44.4. The molecule has 0 radical (unpaired) electrons. The van der Waals surface area contributed by atoms with E-state index in [2.05, 4.69) is 0 Å². The monoisotopic (exact) mass is 1130 g/mol. The molecule has 0 aromatic heterocycles. The van der Waals surface area contributed by atoms with E-state index < -0.39 is 51.9 Å². The molecule has 16 nitrogen and oxygen atoms in total. The van der Waals surface area contributed by atoms with Gasteiger partial charge in [-0.15, -0.1) is 0 Å². The van der Waals surface area contributed by atoms with E-state index in [9.17, 15) is 32.9 Å². The molecule has 3 aliphatic heterocycles. The number of ether oxygens (including phenoxy) is 5. The minimum Gasteiger partial charge on any atom is -0.463 e. The number of carbonyl (C=O) groups excluding carboxylic acids is 4. The molecule has 0 bridgehead atoms. The van der Waals surface area contributed by atoms with Crippen molar-refractivity contribution in [2.24, 2.45) is 5.92 Å². The van der Waals surface area contributed by atoms with Crippen molar-refractivity contribution in [1.29, 1.82) is 0 Å². The molecule has 4 unspecified atom stereocenters. The van der Waals surface area contributed by atoms with Crippen LogP contribution in [0.4, 0.5) is 0 Å². The molecule has 0 amide bonds. The Morgan fingerprint density at radius 1 is 0.443 bits per heavy atom. The first-order valence-corrected chi connectivity index (χ1v) is 30.1. The second kappa shape index (κ2) is 26.4.